The molecule has 0 unspecified atom stereocenters. The molecule has 0 saturated heterocycles. The van der Waals surface area contributed by atoms with Gasteiger partial charge < -0.3 is 10.7 Å². The van der Waals surface area contributed by atoms with Crippen LogP contribution in [0.1, 0.15) is 0 Å². The summed E-state index contributed by atoms with van der Waals surface area (Å²) in [5.41, 5.74) is 6.72. The normalized spacial score (nSPS) is 11.0. The number of hydrogen-bond donors (Lipinski definition) is 3. The van der Waals surface area contributed by atoms with Crippen LogP contribution < -0.4 is 27.8 Å². The number of para-hydroxylation sites is 2. The van der Waals surface area contributed by atoms with Crippen LogP contribution in [0.15, 0.2) is 94.8 Å². The molecule has 0 aliphatic heterocycles. The Morgan fingerprint density at radius 3 is 2.50 bits per heavy atom. The van der Waals surface area contributed by atoms with Gasteiger partial charge in [-0.25, -0.2) is 15.2 Å². The number of hydrazine groups is 1. The van der Waals surface area contributed by atoms with Crippen LogP contribution in [0, 0.1) is 0 Å². The van der Waals surface area contributed by atoms with E-state index in [2.05, 4.69) is 9.97 Å². The predicted octanol–water partition coefficient (Wildman–Crippen LogP) is 3.99. The molecule has 5 rings (SSSR count). The van der Waals surface area contributed by atoms with E-state index in [0.29, 0.717) is 33.0 Å². The number of aromatic amines is 1. The zero-order chi connectivity index (χ0) is 23.8. The predicted molar refractivity (Wildman–Crippen MR) is 136 cm³/mol. The minimum absolute atomic E-state index is 0.0210. The van der Waals surface area contributed by atoms with Crippen molar-refractivity contribution < 1.29 is 0 Å². The van der Waals surface area contributed by atoms with Gasteiger partial charge in [-0.2, -0.15) is 0 Å². The minimum atomic E-state index is -0.642. The highest BCUT2D eigenvalue weighted by atomic mass is 35.5. The third kappa shape index (κ3) is 3.61. The van der Waals surface area contributed by atoms with Gasteiger partial charge in [0, 0.05) is 27.6 Å². The summed E-state index contributed by atoms with van der Waals surface area (Å²) in [5, 5.41) is 3.09. The topological polar surface area (TPSA) is 123 Å². The first kappa shape index (κ1) is 21.4. The van der Waals surface area contributed by atoms with Crippen molar-refractivity contribution in [3.63, 3.8) is 0 Å². The van der Waals surface area contributed by atoms with Crippen molar-refractivity contribution in [3.05, 3.63) is 111 Å². The molecule has 8 nitrogen and oxygen atoms in total. The lowest BCUT2D eigenvalue weighted by Gasteiger charge is -2.23. The van der Waals surface area contributed by atoms with Gasteiger partial charge in [0.25, 0.3) is 5.56 Å². The van der Waals surface area contributed by atoms with Crippen molar-refractivity contribution in [2.75, 3.05) is 10.7 Å². The van der Waals surface area contributed by atoms with Crippen molar-refractivity contribution in [1.82, 2.24) is 14.5 Å². The molecule has 9 heteroatoms. The lowest BCUT2D eigenvalue weighted by Crippen LogP contribution is -2.41. The average molecular weight is 471 g/mol. The molecule has 3 aromatic carbocycles. The summed E-state index contributed by atoms with van der Waals surface area (Å²) in [7, 11) is 0. The number of rotatable bonds is 4. The zero-order valence-corrected chi connectivity index (χ0v) is 18.5. The molecule has 5 aromatic rings. The SMILES string of the molecule is Nc1ccccc1N(N)c1c(-c2cccc(Cl)c2)[nH]c(=O)n(-c2cncc3ccccc23)c1=O. The van der Waals surface area contributed by atoms with E-state index in [4.69, 9.17) is 23.2 Å². The van der Waals surface area contributed by atoms with Crippen LogP contribution in [0.3, 0.4) is 0 Å². The molecule has 0 atom stereocenters. The van der Waals surface area contributed by atoms with Crippen LogP contribution in [0.5, 0.6) is 0 Å². The van der Waals surface area contributed by atoms with Crippen molar-refractivity contribution >= 4 is 39.4 Å². The number of fused-ring (bicyclic) bond motifs is 1. The zero-order valence-electron chi connectivity index (χ0n) is 17.8. The van der Waals surface area contributed by atoms with E-state index in [1.807, 2.05) is 24.3 Å². The second-order valence-electron chi connectivity index (χ2n) is 7.61. The van der Waals surface area contributed by atoms with Crippen LogP contribution in [-0.4, -0.2) is 14.5 Å². The maximum Gasteiger partial charge on any atom is 0.333 e. The molecule has 2 aromatic heterocycles. The molecule has 0 fully saturated rings. The number of nitrogens with two attached hydrogens (primary N) is 2. The Labute approximate surface area is 198 Å². The number of hydrogen-bond acceptors (Lipinski definition) is 6. The molecule has 0 saturated carbocycles. The molecule has 2 heterocycles. The van der Waals surface area contributed by atoms with E-state index in [-0.39, 0.29) is 11.4 Å². The van der Waals surface area contributed by atoms with Gasteiger partial charge in [-0.1, -0.05) is 60.1 Å². The van der Waals surface area contributed by atoms with Crippen LogP contribution in [0.25, 0.3) is 27.7 Å². The fourth-order valence-corrected chi connectivity index (χ4v) is 4.12. The Hall–Kier alpha value is -4.40. The maximum absolute atomic E-state index is 14.0. The first-order valence-electron chi connectivity index (χ1n) is 10.3. The summed E-state index contributed by atoms with van der Waals surface area (Å²) in [6.45, 7) is 0. The van der Waals surface area contributed by atoms with Gasteiger partial charge in [-0.05, 0) is 24.3 Å². The van der Waals surface area contributed by atoms with E-state index < -0.39 is 11.2 Å². The minimum Gasteiger partial charge on any atom is -0.397 e. The number of halogens is 1. The average Bonchev–Trinajstić information content (AvgIpc) is 2.84. The molecular weight excluding hydrogens is 452 g/mol. The molecule has 0 bridgehead atoms. The van der Waals surface area contributed by atoms with Gasteiger partial charge in [0.1, 0.15) is 5.69 Å². The van der Waals surface area contributed by atoms with E-state index >= 15 is 0 Å². The monoisotopic (exact) mass is 470 g/mol. The second-order valence-corrected chi connectivity index (χ2v) is 8.05. The number of benzene rings is 3. The summed E-state index contributed by atoms with van der Waals surface area (Å²) in [6, 6.07) is 21.0. The number of nitrogens with zero attached hydrogens (tertiary/aromatic N) is 3. The summed E-state index contributed by atoms with van der Waals surface area (Å²) >= 11 is 6.19. The Kier molecular flexibility index (Phi) is 5.37. The fourth-order valence-electron chi connectivity index (χ4n) is 3.93. The van der Waals surface area contributed by atoms with Crippen molar-refractivity contribution in [1.29, 1.82) is 0 Å². The molecule has 34 heavy (non-hydrogen) atoms. The van der Waals surface area contributed by atoms with Crippen LogP contribution in [0.2, 0.25) is 5.02 Å². The summed E-state index contributed by atoms with van der Waals surface area (Å²) in [4.78, 5) is 34.3. The molecule has 5 N–H and O–H groups in total. The highest BCUT2D eigenvalue weighted by Crippen LogP contribution is 2.32. The van der Waals surface area contributed by atoms with Gasteiger partial charge in [-0.15, -0.1) is 0 Å². The lowest BCUT2D eigenvalue weighted by molar-refractivity contribution is 0.866. The van der Waals surface area contributed by atoms with Crippen LogP contribution in [0.4, 0.5) is 17.1 Å². The van der Waals surface area contributed by atoms with Gasteiger partial charge in [0.2, 0.25) is 0 Å². The number of aromatic nitrogens is 3. The third-order valence-corrected chi connectivity index (χ3v) is 5.75. The highest BCUT2D eigenvalue weighted by Gasteiger charge is 2.23. The van der Waals surface area contributed by atoms with Gasteiger partial charge in [0.15, 0.2) is 0 Å². The molecule has 0 spiro atoms. The van der Waals surface area contributed by atoms with Gasteiger partial charge in [0.05, 0.1) is 29.0 Å². The van der Waals surface area contributed by atoms with E-state index in [1.54, 1.807) is 54.7 Å². The Morgan fingerprint density at radius 2 is 1.71 bits per heavy atom. The summed E-state index contributed by atoms with van der Waals surface area (Å²) in [6.07, 6.45) is 3.14. The standard InChI is InChI=1S/C25H19ClN6O2/c26-17-8-5-7-15(12-17)22-23(32(28)20-11-4-3-10-19(20)27)24(33)31(25(34)30-22)21-14-29-13-16-6-1-2-9-18(16)21/h1-14H,27-28H2,(H,30,34). The third-order valence-electron chi connectivity index (χ3n) is 5.52. The second kappa shape index (κ2) is 8.51. The first-order valence-corrected chi connectivity index (χ1v) is 10.7. The van der Waals surface area contributed by atoms with Gasteiger partial charge >= 0.3 is 5.69 Å². The Bertz CT molecular complexity index is 1650. The van der Waals surface area contributed by atoms with E-state index in [1.165, 1.54) is 11.2 Å². The summed E-state index contributed by atoms with van der Waals surface area (Å²) in [5.74, 6) is 6.47. The maximum atomic E-state index is 14.0. The highest BCUT2D eigenvalue weighted by molar-refractivity contribution is 6.30. The van der Waals surface area contributed by atoms with Crippen molar-refractivity contribution in [3.8, 4) is 16.9 Å². The first-order chi connectivity index (χ1) is 16.5. The number of nitrogens with one attached hydrogen (secondary N) is 1. The van der Waals surface area contributed by atoms with E-state index in [0.717, 1.165) is 9.95 Å². The molecule has 0 aliphatic rings. The lowest BCUT2D eigenvalue weighted by atomic mass is 10.1. The van der Waals surface area contributed by atoms with Crippen molar-refractivity contribution in [2.24, 2.45) is 5.84 Å². The fraction of sp³-hybridized carbons (Fsp3) is 0. The van der Waals surface area contributed by atoms with Crippen LogP contribution in [-0.2, 0) is 0 Å². The Balaban J connectivity index is 1.86. The van der Waals surface area contributed by atoms with Crippen LogP contribution >= 0.6 is 11.6 Å². The molecule has 168 valence electrons. The molecule has 0 radical (unpaired) electrons. The molecule has 0 aliphatic carbocycles. The quantitative estimate of drug-likeness (QED) is 0.207. The Morgan fingerprint density at radius 1 is 0.941 bits per heavy atom. The van der Waals surface area contributed by atoms with Gasteiger partial charge in [-0.3, -0.25) is 14.8 Å². The largest absolute Gasteiger partial charge is 0.397 e. The number of H-pyrrole nitrogens is 1. The molecular formula is C25H19ClN6O2. The number of anilines is 3. The summed E-state index contributed by atoms with van der Waals surface area (Å²) < 4.78 is 1.03. The number of nitrogen functional groups attached to an aromatic ring is 1. The smallest absolute Gasteiger partial charge is 0.333 e. The molecule has 0 amide bonds. The number of pyridine rings is 1. The van der Waals surface area contributed by atoms with E-state index in [9.17, 15) is 9.59 Å². The van der Waals surface area contributed by atoms with Crippen molar-refractivity contribution in [2.45, 2.75) is 0 Å².